The van der Waals surface area contributed by atoms with Crippen molar-refractivity contribution in [1.29, 1.82) is 0 Å². The van der Waals surface area contributed by atoms with Gasteiger partial charge in [0.2, 0.25) is 0 Å². The van der Waals surface area contributed by atoms with E-state index in [1.807, 2.05) is 0 Å². The first-order valence-corrected chi connectivity index (χ1v) is 8.83. The summed E-state index contributed by atoms with van der Waals surface area (Å²) < 4.78 is 0. The van der Waals surface area contributed by atoms with Crippen LogP contribution in [0.4, 0.5) is 11.5 Å². The van der Waals surface area contributed by atoms with E-state index >= 15 is 0 Å². The van der Waals surface area contributed by atoms with Crippen molar-refractivity contribution in [3.8, 4) is 0 Å². The Kier molecular flexibility index (Phi) is 4.57. The molecule has 0 bridgehead atoms. The standard InChI is InChI=1S/C16H21N5O2S/c1-2-3-9-8-11(21-6-4-10(20-23)5-7-21)19-16-12(9)13(17)14(24-16)15(18)22/h8,23H,2-7,17H2,1H3,(H2,18,22). The third kappa shape index (κ3) is 2.89. The third-order valence-electron chi connectivity index (χ3n) is 4.32. The molecule has 2 aromatic heterocycles. The quantitative estimate of drug-likeness (QED) is 0.579. The summed E-state index contributed by atoms with van der Waals surface area (Å²) in [5.74, 6) is 0.362. The minimum Gasteiger partial charge on any atom is -0.411 e. The first-order chi connectivity index (χ1) is 11.5. The molecule has 0 aromatic carbocycles. The molecule has 1 saturated heterocycles. The average molecular weight is 347 g/mol. The minimum absolute atomic E-state index is 0.375. The minimum atomic E-state index is -0.513. The molecule has 5 N–H and O–H groups in total. The number of oxime groups is 1. The zero-order valence-corrected chi connectivity index (χ0v) is 14.4. The van der Waals surface area contributed by atoms with Crippen molar-refractivity contribution in [3.63, 3.8) is 0 Å². The summed E-state index contributed by atoms with van der Waals surface area (Å²) in [4.78, 5) is 19.6. The second kappa shape index (κ2) is 6.64. The maximum atomic E-state index is 11.6. The maximum Gasteiger partial charge on any atom is 0.260 e. The van der Waals surface area contributed by atoms with E-state index in [2.05, 4.69) is 23.0 Å². The second-order valence-corrected chi connectivity index (χ2v) is 6.93. The Hall–Kier alpha value is -2.35. The lowest BCUT2D eigenvalue weighted by Gasteiger charge is -2.28. The molecule has 3 heterocycles. The molecule has 1 aliphatic rings. The first kappa shape index (κ1) is 16.5. The van der Waals surface area contributed by atoms with Gasteiger partial charge in [0, 0.05) is 31.3 Å². The number of aryl methyl sites for hydroxylation is 1. The number of primary amides is 1. The smallest absolute Gasteiger partial charge is 0.260 e. The van der Waals surface area contributed by atoms with Gasteiger partial charge >= 0.3 is 0 Å². The molecule has 0 spiro atoms. The van der Waals surface area contributed by atoms with Gasteiger partial charge in [0.15, 0.2) is 0 Å². The molecule has 0 aliphatic carbocycles. The van der Waals surface area contributed by atoms with E-state index in [1.165, 1.54) is 11.3 Å². The number of nitrogens with two attached hydrogens (primary N) is 2. The number of amides is 1. The Balaban J connectivity index is 2.05. The molecule has 0 atom stereocenters. The topological polar surface area (TPSA) is 118 Å². The van der Waals surface area contributed by atoms with Gasteiger partial charge in [-0.2, -0.15) is 0 Å². The second-order valence-electron chi connectivity index (χ2n) is 5.93. The van der Waals surface area contributed by atoms with E-state index in [0.29, 0.717) is 10.6 Å². The molecule has 1 amide bonds. The van der Waals surface area contributed by atoms with E-state index in [-0.39, 0.29) is 0 Å². The summed E-state index contributed by atoms with van der Waals surface area (Å²) in [6.07, 6.45) is 3.28. The number of pyridine rings is 1. The fourth-order valence-corrected chi connectivity index (χ4v) is 4.08. The Labute approximate surface area is 143 Å². The summed E-state index contributed by atoms with van der Waals surface area (Å²) in [6.45, 7) is 3.62. The number of nitrogens with zero attached hydrogens (tertiary/aromatic N) is 3. The number of aromatic nitrogens is 1. The van der Waals surface area contributed by atoms with Crippen LogP contribution in [-0.4, -0.2) is 34.9 Å². The van der Waals surface area contributed by atoms with Crippen LogP contribution in [-0.2, 0) is 6.42 Å². The molecular formula is C16H21N5O2S. The van der Waals surface area contributed by atoms with Gasteiger partial charge in [-0.25, -0.2) is 4.98 Å². The van der Waals surface area contributed by atoms with Crippen LogP contribution >= 0.6 is 11.3 Å². The van der Waals surface area contributed by atoms with Crippen LogP contribution in [0.25, 0.3) is 10.2 Å². The molecule has 8 heteroatoms. The van der Waals surface area contributed by atoms with Crippen molar-refractivity contribution in [3.05, 3.63) is 16.5 Å². The van der Waals surface area contributed by atoms with Gasteiger partial charge in [0.1, 0.15) is 15.5 Å². The maximum absolute atomic E-state index is 11.6. The Morgan fingerprint density at radius 3 is 2.75 bits per heavy atom. The van der Waals surface area contributed by atoms with E-state index in [0.717, 1.165) is 66.1 Å². The van der Waals surface area contributed by atoms with Crippen LogP contribution in [0.3, 0.4) is 0 Å². The molecule has 1 fully saturated rings. The molecule has 1 aliphatic heterocycles. The number of carbonyl (C=O) groups is 1. The number of fused-ring (bicyclic) bond motifs is 1. The summed E-state index contributed by atoms with van der Waals surface area (Å²) in [6, 6.07) is 2.06. The predicted octanol–water partition coefficient (Wildman–Crippen LogP) is 2.36. The van der Waals surface area contributed by atoms with Crippen LogP contribution in [0.1, 0.15) is 41.4 Å². The van der Waals surface area contributed by atoms with Gasteiger partial charge in [-0.3, -0.25) is 4.79 Å². The third-order valence-corrected chi connectivity index (χ3v) is 5.43. The Morgan fingerprint density at radius 2 is 2.17 bits per heavy atom. The lowest BCUT2D eigenvalue weighted by molar-refractivity contribution is 0.100. The number of nitrogen functional groups attached to an aromatic ring is 1. The zero-order valence-electron chi connectivity index (χ0n) is 13.6. The van der Waals surface area contributed by atoms with Gasteiger partial charge in [-0.1, -0.05) is 18.5 Å². The largest absolute Gasteiger partial charge is 0.411 e. The van der Waals surface area contributed by atoms with E-state index in [4.69, 9.17) is 21.7 Å². The van der Waals surface area contributed by atoms with Crippen molar-refractivity contribution in [2.24, 2.45) is 10.9 Å². The number of hydrogen-bond acceptors (Lipinski definition) is 7. The molecule has 24 heavy (non-hydrogen) atoms. The van der Waals surface area contributed by atoms with Gasteiger partial charge in [0.25, 0.3) is 5.91 Å². The number of carbonyl (C=O) groups excluding carboxylic acids is 1. The predicted molar refractivity (Wildman–Crippen MR) is 97.2 cm³/mol. The summed E-state index contributed by atoms with van der Waals surface area (Å²) in [5, 5.41) is 13.1. The lowest BCUT2D eigenvalue weighted by Crippen LogP contribution is -2.34. The molecule has 128 valence electrons. The highest BCUT2D eigenvalue weighted by Gasteiger charge is 2.22. The van der Waals surface area contributed by atoms with Gasteiger partial charge in [0.05, 0.1) is 11.4 Å². The highest BCUT2D eigenvalue weighted by molar-refractivity contribution is 7.21. The highest BCUT2D eigenvalue weighted by Crippen LogP contribution is 2.37. The van der Waals surface area contributed by atoms with Gasteiger partial charge < -0.3 is 21.6 Å². The highest BCUT2D eigenvalue weighted by atomic mass is 32.1. The first-order valence-electron chi connectivity index (χ1n) is 8.01. The van der Waals surface area contributed by atoms with Crippen LogP contribution in [0.2, 0.25) is 0 Å². The van der Waals surface area contributed by atoms with Gasteiger partial charge in [-0.15, -0.1) is 11.3 Å². The average Bonchev–Trinajstić information content (AvgIpc) is 2.92. The molecular weight excluding hydrogens is 326 g/mol. The zero-order chi connectivity index (χ0) is 17.3. The number of piperidine rings is 1. The van der Waals surface area contributed by atoms with Gasteiger partial charge in [-0.05, 0) is 18.1 Å². The van der Waals surface area contributed by atoms with Crippen molar-refractivity contribution in [2.75, 3.05) is 23.7 Å². The molecule has 7 nitrogen and oxygen atoms in total. The van der Waals surface area contributed by atoms with Crippen molar-refractivity contribution in [2.45, 2.75) is 32.6 Å². The fourth-order valence-electron chi connectivity index (χ4n) is 3.09. The molecule has 3 rings (SSSR count). The molecule has 0 saturated carbocycles. The number of anilines is 2. The van der Waals surface area contributed by atoms with E-state index in [1.54, 1.807) is 0 Å². The van der Waals surface area contributed by atoms with E-state index < -0.39 is 5.91 Å². The normalized spacial score (nSPS) is 15.0. The number of thiophene rings is 1. The number of hydrogen-bond donors (Lipinski definition) is 3. The molecule has 0 unspecified atom stereocenters. The van der Waals surface area contributed by atoms with Crippen molar-refractivity contribution >= 4 is 44.7 Å². The Bertz CT molecular complexity index is 804. The monoisotopic (exact) mass is 347 g/mol. The van der Waals surface area contributed by atoms with E-state index in [9.17, 15) is 4.79 Å². The van der Waals surface area contributed by atoms with Crippen molar-refractivity contribution < 1.29 is 10.0 Å². The molecule has 2 aromatic rings. The van der Waals surface area contributed by atoms with Crippen LogP contribution in [0, 0.1) is 0 Å². The summed E-state index contributed by atoms with van der Waals surface area (Å²) in [5.41, 5.74) is 13.9. The fraction of sp³-hybridized carbons (Fsp3) is 0.438. The lowest BCUT2D eigenvalue weighted by atomic mass is 10.0. The summed E-state index contributed by atoms with van der Waals surface area (Å²) in [7, 11) is 0. The number of rotatable bonds is 4. The van der Waals surface area contributed by atoms with Crippen LogP contribution < -0.4 is 16.4 Å². The summed E-state index contributed by atoms with van der Waals surface area (Å²) >= 11 is 1.25. The van der Waals surface area contributed by atoms with Crippen LogP contribution in [0.15, 0.2) is 11.2 Å². The SMILES string of the molecule is CCCc1cc(N2CCC(=NO)CC2)nc2sc(C(N)=O)c(N)c12. The van der Waals surface area contributed by atoms with Crippen molar-refractivity contribution in [1.82, 2.24) is 4.98 Å². The molecule has 0 radical (unpaired) electrons. The Morgan fingerprint density at radius 1 is 1.46 bits per heavy atom. The van der Waals surface area contributed by atoms with Crippen LogP contribution in [0.5, 0.6) is 0 Å².